The van der Waals surface area contributed by atoms with Crippen LogP contribution in [-0.4, -0.2) is 33.4 Å². The summed E-state index contributed by atoms with van der Waals surface area (Å²) < 4.78 is 0. The van der Waals surface area contributed by atoms with Crippen molar-refractivity contribution in [3.63, 3.8) is 0 Å². The van der Waals surface area contributed by atoms with E-state index in [9.17, 15) is 9.90 Å². The predicted molar refractivity (Wildman–Crippen MR) is 67.2 cm³/mol. The molecule has 1 aromatic heterocycles. The average Bonchev–Trinajstić information content (AvgIpc) is 2.81. The quantitative estimate of drug-likeness (QED) is 0.760. The molecule has 1 heterocycles. The normalized spacial score (nSPS) is 17.4. The van der Waals surface area contributed by atoms with E-state index in [4.69, 9.17) is 0 Å². The van der Waals surface area contributed by atoms with Gasteiger partial charge in [0.15, 0.2) is 0 Å². The van der Waals surface area contributed by atoms with Crippen LogP contribution in [0.1, 0.15) is 29.6 Å². The van der Waals surface area contributed by atoms with Crippen LogP contribution < -0.4 is 5.32 Å². The number of fused-ring (bicyclic) bond motifs is 1. The molecule has 0 saturated heterocycles. The number of aromatic nitrogens is 2. The molecule has 0 spiro atoms. The first-order chi connectivity index (χ1) is 8.68. The number of carbonyl (C=O) groups excluding carboxylic acids is 1. The zero-order chi connectivity index (χ0) is 12.6. The molecule has 1 amide bonds. The predicted octanol–water partition coefficient (Wildman–Crippen LogP) is 1.21. The van der Waals surface area contributed by atoms with Crippen molar-refractivity contribution in [1.29, 1.82) is 0 Å². The zero-order valence-electron chi connectivity index (χ0n) is 9.94. The van der Waals surface area contributed by atoms with E-state index in [1.165, 1.54) is 0 Å². The monoisotopic (exact) mass is 245 g/mol. The fraction of sp³-hybridized carbons (Fsp3) is 0.385. The zero-order valence-corrected chi connectivity index (χ0v) is 9.94. The molecule has 1 aliphatic carbocycles. The molecule has 5 heteroatoms. The van der Waals surface area contributed by atoms with Gasteiger partial charge in [0.25, 0.3) is 5.91 Å². The van der Waals surface area contributed by atoms with E-state index in [2.05, 4.69) is 15.5 Å². The van der Waals surface area contributed by atoms with E-state index in [-0.39, 0.29) is 5.91 Å². The fourth-order valence-electron chi connectivity index (χ4n) is 2.26. The first kappa shape index (κ1) is 11.2. The van der Waals surface area contributed by atoms with Crippen LogP contribution in [0.2, 0.25) is 0 Å². The molecule has 3 N–H and O–H groups in total. The Balaban J connectivity index is 1.77. The van der Waals surface area contributed by atoms with Crippen molar-refractivity contribution in [2.24, 2.45) is 0 Å². The van der Waals surface area contributed by atoms with Gasteiger partial charge in [0.2, 0.25) is 0 Å². The number of hydrogen-bond acceptors (Lipinski definition) is 3. The Bertz CT molecular complexity index is 587. The molecule has 18 heavy (non-hydrogen) atoms. The van der Waals surface area contributed by atoms with Gasteiger partial charge in [-0.2, -0.15) is 5.10 Å². The number of nitrogens with zero attached hydrogens (tertiary/aromatic N) is 1. The molecule has 1 saturated carbocycles. The highest BCUT2D eigenvalue weighted by Crippen LogP contribution is 2.30. The number of rotatable bonds is 3. The van der Waals surface area contributed by atoms with Crippen LogP contribution >= 0.6 is 0 Å². The van der Waals surface area contributed by atoms with Crippen LogP contribution in [0.15, 0.2) is 24.4 Å². The molecule has 0 atom stereocenters. The Morgan fingerprint density at radius 3 is 3.06 bits per heavy atom. The molecule has 5 nitrogen and oxygen atoms in total. The second-order valence-corrected chi connectivity index (χ2v) is 4.90. The number of nitrogens with one attached hydrogen (secondary N) is 2. The van der Waals surface area contributed by atoms with Gasteiger partial charge in [-0.25, -0.2) is 0 Å². The second kappa shape index (κ2) is 4.10. The summed E-state index contributed by atoms with van der Waals surface area (Å²) in [5, 5.41) is 20.4. The molecular formula is C13H15N3O2. The lowest BCUT2D eigenvalue weighted by atomic mass is 9.80. The standard InChI is InChI=1S/C13H15N3O2/c17-12(14-8-13(18)5-2-6-13)10-4-1-3-9-7-15-16-11(9)10/h1,3-4,7,18H,2,5-6,8H2,(H,14,17)(H,15,16). The lowest BCUT2D eigenvalue weighted by molar-refractivity contribution is -0.0300. The largest absolute Gasteiger partial charge is 0.388 e. The van der Waals surface area contributed by atoms with Crippen molar-refractivity contribution < 1.29 is 9.90 Å². The Hall–Kier alpha value is -1.88. The second-order valence-electron chi connectivity index (χ2n) is 4.90. The van der Waals surface area contributed by atoms with Crippen LogP contribution in [0.25, 0.3) is 10.9 Å². The SMILES string of the molecule is O=C(NCC1(O)CCC1)c1cccc2cn[nH]c12. The molecule has 1 aromatic carbocycles. The van der Waals surface area contributed by atoms with Gasteiger partial charge in [-0.15, -0.1) is 0 Å². The van der Waals surface area contributed by atoms with Crippen molar-refractivity contribution in [2.45, 2.75) is 24.9 Å². The molecule has 3 rings (SSSR count). The summed E-state index contributed by atoms with van der Waals surface area (Å²) in [4.78, 5) is 12.1. The fourth-order valence-corrected chi connectivity index (χ4v) is 2.26. The number of carbonyl (C=O) groups is 1. The minimum Gasteiger partial charge on any atom is -0.388 e. The number of benzene rings is 1. The number of aromatic amines is 1. The van der Waals surface area contributed by atoms with Crippen molar-refractivity contribution >= 4 is 16.8 Å². The maximum Gasteiger partial charge on any atom is 0.253 e. The molecule has 0 bridgehead atoms. The lowest BCUT2D eigenvalue weighted by Crippen LogP contribution is -2.47. The van der Waals surface area contributed by atoms with Crippen LogP contribution in [0.4, 0.5) is 0 Å². The van der Waals surface area contributed by atoms with Gasteiger partial charge in [-0.05, 0) is 25.3 Å². The summed E-state index contributed by atoms with van der Waals surface area (Å²) in [6, 6.07) is 5.47. The number of H-pyrrole nitrogens is 1. The van der Waals surface area contributed by atoms with Gasteiger partial charge in [-0.1, -0.05) is 12.1 Å². The minimum atomic E-state index is -0.697. The van der Waals surface area contributed by atoms with Crippen LogP contribution in [0.3, 0.4) is 0 Å². The summed E-state index contributed by atoms with van der Waals surface area (Å²) in [5.41, 5.74) is 0.598. The van der Waals surface area contributed by atoms with Crippen molar-refractivity contribution in [3.05, 3.63) is 30.0 Å². The molecular weight excluding hydrogens is 230 g/mol. The Morgan fingerprint density at radius 1 is 1.50 bits per heavy atom. The van der Waals surface area contributed by atoms with E-state index < -0.39 is 5.60 Å². The Labute approximate surface area is 104 Å². The number of amides is 1. The van der Waals surface area contributed by atoms with Crippen molar-refractivity contribution in [1.82, 2.24) is 15.5 Å². The topological polar surface area (TPSA) is 78.0 Å². The molecule has 1 aliphatic rings. The Kier molecular flexibility index (Phi) is 2.56. The third kappa shape index (κ3) is 1.86. The van der Waals surface area contributed by atoms with Crippen molar-refractivity contribution in [2.75, 3.05) is 6.54 Å². The van der Waals surface area contributed by atoms with Crippen LogP contribution in [-0.2, 0) is 0 Å². The molecule has 2 aromatic rings. The highest BCUT2D eigenvalue weighted by molar-refractivity contribution is 6.05. The van der Waals surface area contributed by atoms with Gasteiger partial charge < -0.3 is 10.4 Å². The number of aliphatic hydroxyl groups is 1. The molecule has 94 valence electrons. The summed E-state index contributed by atoms with van der Waals surface area (Å²) >= 11 is 0. The van der Waals surface area contributed by atoms with E-state index in [1.807, 2.05) is 12.1 Å². The molecule has 1 fully saturated rings. The first-order valence-electron chi connectivity index (χ1n) is 6.11. The van der Waals surface area contributed by atoms with Crippen LogP contribution in [0, 0.1) is 0 Å². The summed E-state index contributed by atoms with van der Waals surface area (Å²) in [6.45, 7) is 0.316. The van der Waals surface area contributed by atoms with E-state index >= 15 is 0 Å². The maximum absolute atomic E-state index is 12.1. The molecule has 0 aliphatic heterocycles. The van der Waals surface area contributed by atoms with Gasteiger partial charge in [0.1, 0.15) is 0 Å². The van der Waals surface area contributed by atoms with E-state index in [1.54, 1.807) is 12.3 Å². The smallest absolute Gasteiger partial charge is 0.253 e. The van der Waals surface area contributed by atoms with E-state index in [0.717, 1.165) is 30.2 Å². The van der Waals surface area contributed by atoms with Gasteiger partial charge >= 0.3 is 0 Å². The maximum atomic E-state index is 12.1. The molecule has 0 radical (unpaired) electrons. The van der Waals surface area contributed by atoms with Crippen molar-refractivity contribution in [3.8, 4) is 0 Å². The van der Waals surface area contributed by atoms with Crippen LogP contribution in [0.5, 0.6) is 0 Å². The summed E-state index contributed by atoms with van der Waals surface area (Å²) in [7, 11) is 0. The van der Waals surface area contributed by atoms with Gasteiger partial charge in [0, 0.05) is 11.9 Å². The summed E-state index contributed by atoms with van der Waals surface area (Å²) in [6.07, 6.45) is 4.25. The number of para-hydroxylation sites is 1. The highest BCUT2D eigenvalue weighted by Gasteiger charge is 2.34. The van der Waals surface area contributed by atoms with E-state index in [0.29, 0.717) is 12.1 Å². The minimum absolute atomic E-state index is 0.176. The number of hydrogen-bond donors (Lipinski definition) is 3. The average molecular weight is 245 g/mol. The summed E-state index contributed by atoms with van der Waals surface area (Å²) in [5.74, 6) is -0.176. The third-order valence-corrected chi connectivity index (χ3v) is 3.58. The van der Waals surface area contributed by atoms with Gasteiger partial charge in [0.05, 0.1) is 22.9 Å². The highest BCUT2D eigenvalue weighted by atomic mass is 16.3. The molecule has 0 unspecified atom stereocenters. The van der Waals surface area contributed by atoms with Gasteiger partial charge in [-0.3, -0.25) is 9.89 Å². The third-order valence-electron chi connectivity index (χ3n) is 3.58. The Morgan fingerprint density at radius 2 is 2.33 bits per heavy atom. The first-order valence-corrected chi connectivity index (χ1v) is 6.11. The lowest BCUT2D eigenvalue weighted by Gasteiger charge is -2.36.